The molecule has 0 radical (unpaired) electrons. The van der Waals surface area contributed by atoms with E-state index >= 15 is 0 Å². The van der Waals surface area contributed by atoms with Gasteiger partial charge in [0.25, 0.3) is 0 Å². The minimum absolute atomic E-state index is 0.278. The Morgan fingerprint density at radius 2 is 2.22 bits per heavy atom. The van der Waals surface area contributed by atoms with Gasteiger partial charge in [0, 0.05) is 0 Å². The average molecular weight is 133 g/mol. The van der Waals surface area contributed by atoms with E-state index in [0.717, 1.165) is 0 Å². The lowest BCUT2D eigenvalue weighted by Gasteiger charge is -2.25. The second kappa shape index (κ2) is 3.79. The van der Waals surface area contributed by atoms with Crippen LogP contribution in [-0.4, -0.2) is 32.5 Å². The van der Waals surface area contributed by atoms with Crippen LogP contribution in [0.1, 0.15) is 0 Å². The first-order valence-electron chi connectivity index (χ1n) is 2.94. The predicted octanol–water partition coefficient (Wildman–Crippen LogP) is -0.708. The normalized spacial score (nSPS) is 19.7. The molecule has 0 amide bonds. The van der Waals surface area contributed by atoms with E-state index < -0.39 is 0 Å². The molecule has 2 N–H and O–H groups in total. The van der Waals surface area contributed by atoms with Crippen molar-refractivity contribution in [2.45, 2.75) is 6.10 Å². The van der Waals surface area contributed by atoms with Crippen LogP contribution in [0.4, 0.5) is 0 Å². The van der Waals surface area contributed by atoms with E-state index in [1.165, 1.54) is 0 Å². The van der Waals surface area contributed by atoms with Gasteiger partial charge < -0.3 is 14.3 Å². The van der Waals surface area contributed by atoms with Crippen LogP contribution in [-0.2, 0) is 14.3 Å². The maximum Gasteiger partial charge on any atom is 0.104 e. The minimum Gasteiger partial charge on any atom is -0.376 e. The molecule has 0 aromatic carbocycles. The summed E-state index contributed by atoms with van der Waals surface area (Å²) in [5.41, 5.74) is 0. The lowest BCUT2D eigenvalue weighted by atomic mass is 10.3. The second-order valence-electron chi connectivity index (χ2n) is 1.90. The van der Waals surface area contributed by atoms with Gasteiger partial charge in [-0.05, 0) is 0 Å². The fraction of sp³-hybridized carbons (Fsp3) is 1.00. The standard InChI is InChI=1S/C5H11NO3/c6-9-2-1-8-5-3-7-4-5/h5H,1-4,6H2. The Morgan fingerprint density at radius 3 is 2.67 bits per heavy atom. The van der Waals surface area contributed by atoms with Crippen molar-refractivity contribution in [2.75, 3.05) is 26.4 Å². The number of rotatable bonds is 4. The molecule has 0 atom stereocenters. The first-order valence-corrected chi connectivity index (χ1v) is 2.94. The van der Waals surface area contributed by atoms with E-state index in [2.05, 4.69) is 4.84 Å². The van der Waals surface area contributed by atoms with Crippen LogP contribution < -0.4 is 5.90 Å². The second-order valence-corrected chi connectivity index (χ2v) is 1.90. The summed E-state index contributed by atoms with van der Waals surface area (Å²) in [6, 6.07) is 0. The van der Waals surface area contributed by atoms with Gasteiger partial charge in [-0.1, -0.05) is 0 Å². The molecule has 1 aliphatic rings. The molecule has 54 valence electrons. The van der Waals surface area contributed by atoms with Crippen molar-refractivity contribution in [3.8, 4) is 0 Å². The van der Waals surface area contributed by atoms with Crippen LogP contribution in [0.25, 0.3) is 0 Å². The Labute approximate surface area is 53.8 Å². The molecule has 9 heavy (non-hydrogen) atoms. The molecule has 0 unspecified atom stereocenters. The van der Waals surface area contributed by atoms with Gasteiger partial charge in [0.1, 0.15) is 6.10 Å². The number of hydrogen-bond acceptors (Lipinski definition) is 4. The lowest BCUT2D eigenvalue weighted by molar-refractivity contribution is -0.137. The molecule has 4 heteroatoms. The zero-order valence-electron chi connectivity index (χ0n) is 5.21. The van der Waals surface area contributed by atoms with Crippen molar-refractivity contribution < 1.29 is 14.3 Å². The first-order chi connectivity index (χ1) is 4.43. The van der Waals surface area contributed by atoms with Gasteiger partial charge in [0.05, 0.1) is 26.4 Å². The average Bonchev–Trinajstić information content (AvgIpc) is 1.76. The van der Waals surface area contributed by atoms with Crippen LogP contribution in [0.5, 0.6) is 0 Å². The Kier molecular flexibility index (Phi) is 2.93. The molecule has 0 aromatic rings. The Morgan fingerprint density at radius 1 is 1.44 bits per heavy atom. The van der Waals surface area contributed by atoms with Crippen LogP contribution in [0.2, 0.25) is 0 Å². The van der Waals surface area contributed by atoms with E-state index in [1.807, 2.05) is 0 Å². The summed E-state index contributed by atoms with van der Waals surface area (Å²) in [5.74, 6) is 4.76. The number of hydrogen-bond donors (Lipinski definition) is 1. The zero-order valence-corrected chi connectivity index (χ0v) is 5.21. The fourth-order valence-electron chi connectivity index (χ4n) is 0.573. The molecule has 0 spiro atoms. The smallest absolute Gasteiger partial charge is 0.104 e. The van der Waals surface area contributed by atoms with Gasteiger partial charge in [-0.2, -0.15) is 0 Å². The molecule has 1 rings (SSSR count). The topological polar surface area (TPSA) is 53.7 Å². The monoisotopic (exact) mass is 133 g/mol. The summed E-state index contributed by atoms with van der Waals surface area (Å²) in [7, 11) is 0. The highest BCUT2D eigenvalue weighted by molar-refractivity contribution is 4.63. The molecular formula is C5H11NO3. The molecule has 1 aliphatic heterocycles. The first kappa shape index (κ1) is 6.95. The van der Waals surface area contributed by atoms with Crippen molar-refractivity contribution in [2.24, 2.45) is 5.90 Å². The highest BCUT2D eigenvalue weighted by Crippen LogP contribution is 2.03. The molecule has 1 saturated heterocycles. The van der Waals surface area contributed by atoms with Crippen LogP contribution >= 0.6 is 0 Å². The molecule has 0 aromatic heterocycles. The van der Waals surface area contributed by atoms with Gasteiger partial charge in [0.15, 0.2) is 0 Å². The van der Waals surface area contributed by atoms with Crippen molar-refractivity contribution in [1.82, 2.24) is 0 Å². The largest absolute Gasteiger partial charge is 0.376 e. The van der Waals surface area contributed by atoms with Gasteiger partial charge in [0.2, 0.25) is 0 Å². The SMILES string of the molecule is NOCCOC1COC1. The number of ether oxygens (including phenoxy) is 2. The van der Waals surface area contributed by atoms with Gasteiger partial charge in [-0.25, -0.2) is 5.90 Å². The summed E-state index contributed by atoms with van der Waals surface area (Å²) in [6.45, 7) is 2.44. The highest BCUT2D eigenvalue weighted by atomic mass is 16.6. The van der Waals surface area contributed by atoms with Gasteiger partial charge in [-0.15, -0.1) is 0 Å². The van der Waals surface area contributed by atoms with Gasteiger partial charge in [-0.3, -0.25) is 0 Å². The predicted molar refractivity (Wildman–Crippen MR) is 30.7 cm³/mol. The minimum atomic E-state index is 0.278. The molecule has 0 aliphatic carbocycles. The molecular weight excluding hydrogens is 122 g/mol. The van der Waals surface area contributed by atoms with Crippen molar-refractivity contribution in [3.05, 3.63) is 0 Å². The van der Waals surface area contributed by atoms with E-state index in [9.17, 15) is 0 Å². The molecule has 4 nitrogen and oxygen atoms in total. The van der Waals surface area contributed by atoms with E-state index in [-0.39, 0.29) is 6.10 Å². The van der Waals surface area contributed by atoms with Crippen LogP contribution in [0.15, 0.2) is 0 Å². The summed E-state index contributed by atoms with van der Waals surface area (Å²) >= 11 is 0. The summed E-state index contributed by atoms with van der Waals surface area (Å²) < 4.78 is 10.1. The maximum absolute atomic E-state index is 5.19. The molecule has 1 heterocycles. The Balaban J connectivity index is 1.80. The van der Waals surface area contributed by atoms with Crippen molar-refractivity contribution >= 4 is 0 Å². The third-order valence-electron chi connectivity index (χ3n) is 1.16. The zero-order chi connectivity index (χ0) is 6.53. The molecule has 0 bridgehead atoms. The van der Waals surface area contributed by atoms with Crippen molar-refractivity contribution in [3.63, 3.8) is 0 Å². The summed E-state index contributed by atoms with van der Waals surface area (Å²) in [4.78, 5) is 4.30. The molecule has 1 fully saturated rings. The third-order valence-corrected chi connectivity index (χ3v) is 1.16. The Hall–Kier alpha value is -0.160. The van der Waals surface area contributed by atoms with Crippen LogP contribution in [0, 0.1) is 0 Å². The maximum atomic E-state index is 5.19. The van der Waals surface area contributed by atoms with Crippen LogP contribution in [0.3, 0.4) is 0 Å². The third kappa shape index (κ3) is 2.28. The van der Waals surface area contributed by atoms with E-state index in [4.69, 9.17) is 15.4 Å². The highest BCUT2D eigenvalue weighted by Gasteiger charge is 2.17. The summed E-state index contributed by atoms with van der Waals surface area (Å²) in [5, 5.41) is 0. The lowest BCUT2D eigenvalue weighted by Crippen LogP contribution is -2.36. The summed E-state index contributed by atoms with van der Waals surface area (Å²) in [6.07, 6.45) is 0.278. The Bertz CT molecular complexity index is 74.6. The fourth-order valence-corrected chi connectivity index (χ4v) is 0.573. The van der Waals surface area contributed by atoms with E-state index in [1.54, 1.807) is 0 Å². The van der Waals surface area contributed by atoms with Gasteiger partial charge >= 0.3 is 0 Å². The van der Waals surface area contributed by atoms with E-state index in [0.29, 0.717) is 26.4 Å². The number of nitrogens with two attached hydrogens (primary N) is 1. The molecule has 0 saturated carbocycles. The van der Waals surface area contributed by atoms with Crippen molar-refractivity contribution in [1.29, 1.82) is 0 Å². The quantitative estimate of drug-likeness (QED) is 0.406.